The monoisotopic (exact) mass is 570 g/mol. The molecule has 0 saturated carbocycles. The lowest BCUT2D eigenvalue weighted by Crippen LogP contribution is -2.36. The van der Waals surface area contributed by atoms with Gasteiger partial charge in [-0.3, -0.25) is 9.59 Å². The average molecular weight is 572 g/mol. The number of nitrogens with zero attached hydrogens (tertiary/aromatic N) is 1. The summed E-state index contributed by atoms with van der Waals surface area (Å²) in [5, 5.41) is 6.00. The number of nitrogens with one attached hydrogen (secondary N) is 1. The number of carbonyl (C=O) groups excluding carboxylic acids is 2. The molecule has 198 valence electrons. The SMILES string of the molecule is C=S1(=CC)CCC(NC(=O)c2ccc(Cl)c(-c3ccc4c(c3)CCCN4C(=O)c3c(F)cccc3Cl)c2)C1. The first kappa shape index (κ1) is 26.8. The Morgan fingerprint density at radius 3 is 2.68 bits per heavy atom. The standard InChI is InChI=1S/C30H29Cl2FN2O2S/c1-3-38(2)15-13-22(18-38)34-29(36)21-9-11-24(31)23(17-21)19-10-12-27-20(16-19)6-5-14-35(27)30(37)28-25(32)7-4-8-26(28)33/h3-4,7-12,16-17,22H,2,5-6,13-15,18H2,1H3,(H,34,36). The Hall–Kier alpha value is -2.80. The molecule has 1 saturated heterocycles. The van der Waals surface area contributed by atoms with Gasteiger partial charge in [-0.25, -0.2) is 13.6 Å². The first-order valence-corrected chi connectivity index (χ1v) is 15.6. The van der Waals surface area contributed by atoms with Crippen molar-refractivity contribution in [3.05, 3.63) is 87.2 Å². The molecule has 2 aliphatic heterocycles. The van der Waals surface area contributed by atoms with Gasteiger partial charge in [0.2, 0.25) is 0 Å². The molecule has 0 aromatic heterocycles. The smallest absolute Gasteiger partial charge is 0.262 e. The minimum Gasteiger partial charge on any atom is -0.348 e. The Labute approximate surface area is 233 Å². The Morgan fingerprint density at radius 1 is 1.13 bits per heavy atom. The van der Waals surface area contributed by atoms with Gasteiger partial charge in [-0.1, -0.05) is 46.6 Å². The second-order valence-corrected chi connectivity index (χ2v) is 14.1. The van der Waals surface area contributed by atoms with Gasteiger partial charge in [0, 0.05) is 40.2 Å². The molecule has 2 amide bonds. The van der Waals surface area contributed by atoms with E-state index < -0.39 is 20.9 Å². The number of rotatable bonds is 4. The fourth-order valence-electron chi connectivity index (χ4n) is 5.24. The molecule has 3 aromatic carbocycles. The van der Waals surface area contributed by atoms with E-state index in [0.717, 1.165) is 53.1 Å². The first-order valence-electron chi connectivity index (χ1n) is 12.6. The maximum absolute atomic E-state index is 14.5. The fraction of sp³-hybridized carbons (Fsp3) is 0.267. The van der Waals surface area contributed by atoms with E-state index in [1.807, 2.05) is 24.3 Å². The molecule has 0 bridgehead atoms. The molecule has 1 N–H and O–H groups in total. The molecule has 2 unspecified atom stereocenters. The van der Waals surface area contributed by atoms with Gasteiger partial charge in [-0.15, -0.1) is 0 Å². The number of halogens is 3. The Kier molecular flexibility index (Phi) is 7.58. The predicted octanol–water partition coefficient (Wildman–Crippen LogP) is 6.95. The van der Waals surface area contributed by atoms with Crippen molar-refractivity contribution >= 4 is 61.1 Å². The molecular weight excluding hydrogens is 542 g/mol. The lowest BCUT2D eigenvalue weighted by Gasteiger charge is -2.30. The van der Waals surface area contributed by atoms with E-state index in [9.17, 15) is 14.0 Å². The van der Waals surface area contributed by atoms with E-state index in [-0.39, 0.29) is 22.5 Å². The molecule has 2 heterocycles. The summed E-state index contributed by atoms with van der Waals surface area (Å²) in [4.78, 5) is 27.9. The molecular formula is C30H29Cl2FN2O2S. The summed E-state index contributed by atoms with van der Waals surface area (Å²) in [5.74, 6) is 5.10. The van der Waals surface area contributed by atoms with Crippen LogP contribution in [0.2, 0.25) is 10.0 Å². The van der Waals surface area contributed by atoms with Crippen LogP contribution >= 0.6 is 32.4 Å². The number of hydrogen-bond acceptors (Lipinski definition) is 2. The summed E-state index contributed by atoms with van der Waals surface area (Å²) in [6.07, 6.45) is 2.44. The van der Waals surface area contributed by atoms with E-state index in [1.54, 1.807) is 17.0 Å². The van der Waals surface area contributed by atoms with Gasteiger partial charge in [0.15, 0.2) is 0 Å². The number of aryl methyl sites for hydroxylation is 1. The van der Waals surface area contributed by atoms with E-state index in [0.29, 0.717) is 17.1 Å². The quantitative estimate of drug-likeness (QED) is 0.345. The second kappa shape index (κ2) is 10.8. The maximum atomic E-state index is 14.5. The van der Waals surface area contributed by atoms with Crippen molar-refractivity contribution in [3.8, 4) is 11.1 Å². The minimum absolute atomic E-state index is 0.0911. The topological polar surface area (TPSA) is 49.4 Å². The lowest BCUT2D eigenvalue weighted by atomic mass is 9.94. The van der Waals surface area contributed by atoms with Gasteiger partial charge < -0.3 is 10.2 Å². The fourth-order valence-corrected chi connectivity index (χ4v) is 8.11. The van der Waals surface area contributed by atoms with Crippen LogP contribution in [0, 0.1) is 5.82 Å². The van der Waals surface area contributed by atoms with Crippen LogP contribution in [0.3, 0.4) is 0 Å². The van der Waals surface area contributed by atoms with Gasteiger partial charge in [0.05, 0.1) is 10.6 Å². The van der Waals surface area contributed by atoms with Gasteiger partial charge in [-0.05, 0) is 85.5 Å². The average Bonchev–Trinajstić information content (AvgIpc) is 3.28. The van der Waals surface area contributed by atoms with Crippen LogP contribution in [-0.4, -0.2) is 47.1 Å². The first-order chi connectivity index (χ1) is 18.2. The summed E-state index contributed by atoms with van der Waals surface area (Å²) >= 11 is 12.7. The van der Waals surface area contributed by atoms with Gasteiger partial charge in [-0.2, -0.15) is 0 Å². The van der Waals surface area contributed by atoms with Crippen LogP contribution in [0.25, 0.3) is 11.1 Å². The highest BCUT2D eigenvalue weighted by Gasteiger charge is 2.28. The molecule has 3 aromatic rings. The maximum Gasteiger partial charge on any atom is 0.262 e. The van der Waals surface area contributed by atoms with Crippen LogP contribution < -0.4 is 10.2 Å². The molecule has 38 heavy (non-hydrogen) atoms. The number of hydrogen-bond donors (Lipinski definition) is 1. The second-order valence-electron chi connectivity index (χ2n) is 9.87. The van der Waals surface area contributed by atoms with Crippen LogP contribution in [0.1, 0.15) is 46.0 Å². The zero-order valence-corrected chi connectivity index (χ0v) is 23.4. The number of amides is 2. The zero-order chi connectivity index (χ0) is 27.0. The molecule has 0 radical (unpaired) electrons. The van der Waals surface area contributed by atoms with Crippen molar-refractivity contribution in [1.29, 1.82) is 0 Å². The molecule has 5 rings (SSSR count). The highest BCUT2D eigenvalue weighted by Crippen LogP contribution is 2.37. The van der Waals surface area contributed by atoms with Crippen molar-refractivity contribution in [2.75, 3.05) is 23.0 Å². The van der Waals surface area contributed by atoms with Crippen LogP contribution in [0.5, 0.6) is 0 Å². The van der Waals surface area contributed by atoms with E-state index in [4.69, 9.17) is 23.2 Å². The van der Waals surface area contributed by atoms with Crippen molar-refractivity contribution in [2.45, 2.75) is 32.2 Å². The molecule has 8 heteroatoms. The number of carbonyl (C=O) groups is 2. The molecule has 2 aliphatic rings. The Balaban J connectivity index is 1.41. The zero-order valence-electron chi connectivity index (χ0n) is 21.1. The number of benzene rings is 3. The molecule has 1 fully saturated rings. The van der Waals surface area contributed by atoms with Crippen molar-refractivity contribution in [2.24, 2.45) is 0 Å². The normalized spacial score (nSPS) is 20.6. The predicted molar refractivity (Wildman–Crippen MR) is 160 cm³/mol. The number of fused-ring (bicyclic) bond motifs is 1. The molecule has 0 aliphatic carbocycles. The van der Waals surface area contributed by atoms with Gasteiger partial charge in [0.25, 0.3) is 11.8 Å². The third kappa shape index (κ3) is 5.22. The lowest BCUT2D eigenvalue weighted by molar-refractivity contribution is 0.0939. The van der Waals surface area contributed by atoms with E-state index in [2.05, 4.69) is 23.5 Å². The van der Waals surface area contributed by atoms with E-state index >= 15 is 0 Å². The Morgan fingerprint density at radius 2 is 1.95 bits per heavy atom. The van der Waals surface area contributed by atoms with Gasteiger partial charge in [0.1, 0.15) is 5.82 Å². The molecule has 4 nitrogen and oxygen atoms in total. The largest absolute Gasteiger partial charge is 0.348 e. The summed E-state index contributed by atoms with van der Waals surface area (Å²) in [6, 6.07) is 15.4. The highest BCUT2D eigenvalue weighted by molar-refractivity contribution is 8.28. The molecule has 0 spiro atoms. The van der Waals surface area contributed by atoms with Crippen LogP contribution in [0.15, 0.2) is 54.6 Å². The molecule has 2 atom stereocenters. The van der Waals surface area contributed by atoms with Gasteiger partial charge >= 0.3 is 0 Å². The summed E-state index contributed by atoms with van der Waals surface area (Å²) in [5.41, 5.74) is 3.70. The van der Waals surface area contributed by atoms with Crippen LogP contribution in [-0.2, 0) is 6.42 Å². The number of anilines is 1. The third-order valence-corrected chi connectivity index (χ3v) is 11.2. The van der Waals surface area contributed by atoms with Crippen molar-refractivity contribution < 1.29 is 14.0 Å². The van der Waals surface area contributed by atoms with E-state index in [1.165, 1.54) is 18.2 Å². The van der Waals surface area contributed by atoms with Crippen molar-refractivity contribution in [1.82, 2.24) is 5.32 Å². The summed E-state index contributed by atoms with van der Waals surface area (Å²) in [6.45, 7) is 2.53. The van der Waals surface area contributed by atoms with Crippen molar-refractivity contribution in [3.63, 3.8) is 0 Å². The summed E-state index contributed by atoms with van der Waals surface area (Å²) in [7, 11) is -0.986. The third-order valence-electron chi connectivity index (χ3n) is 7.40. The summed E-state index contributed by atoms with van der Waals surface area (Å²) < 4.78 is 14.5. The Bertz CT molecular complexity index is 1540. The minimum atomic E-state index is -0.986. The van der Waals surface area contributed by atoms with Crippen LogP contribution in [0.4, 0.5) is 10.1 Å². The highest BCUT2D eigenvalue weighted by atomic mass is 35.5.